The number of carbonyl (C=O) groups excluding carboxylic acids is 6. The molecular formula is C40H62N8O8. The fourth-order valence-electron chi connectivity index (χ4n) is 5.24. The molecule has 0 fully saturated rings. The van der Waals surface area contributed by atoms with Crippen molar-refractivity contribution in [1.29, 1.82) is 0 Å². The number of alkyl carbamates (subject to hydrolysis) is 2. The zero-order valence-corrected chi connectivity index (χ0v) is 33.2. The van der Waals surface area contributed by atoms with E-state index in [0.717, 1.165) is 50.0 Å². The van der Waals surface area contributed by atoms with Gasteiger partial charge in [-0.2, -0.15) is 0 Å². The van der Waals surface area contributed by atoms with Crippen LogP contribution in [0.2, 0.25) is 0 Å². The van der Waals surface area contributed by atoms with Crippen molar-refractivity contribution in [3.63, 3.8) is 0 Å². The Kier molecular flexibility index (Phi) is 24.4. The number of hydrogen-bond donors (Lipinski definition) is 7. The lowest BCUT2D eigenvalue weighted by atomic mass is 10.0. The Hall–Kier alpha value is -5.22. The number of amides is 6. The van der Waals surface area contributed by atoms with Crippen LogP contribution in [0.25, 0.3) is 0 Å². The predicted molar refractivity (Wildman–Crippen MR) is 213 cm³/mol. The van der Waals surface area contributed by atoms with E-state index < -0.39 is 36.1 Å². The minimum atomic E-state index is -1.06. The molecule has 7 N–H and O–H groups in total. The summed E-state index contributed by atoms with van der Waals surface area (Å²) in [5.41, 5.74) is 1.53. The molecule has 2 aromatic rings. The van der Waals surface area contributed by atoms with Crippen LogP contribution in [-0.4, -0.2) is 112 Å². The topological polar surface area (TPSA) is 208 Å². The monoisotopic (exact) mass is 782 g/mol. The maximum atomic E-state index is 13.3. The molecule has 2 aromatic carbocycles. The van der Waals surface area contributed by atoms with E-state index in [2.05, 4.69) is 51.1 Å². The lowest BCUT2D eigenvalue weighted by Gasteiger charge is -2.21. The fraction of sp³-hybridized carbons (Fsp3) is 0.550. The summed E-state index contributed by atoms with van der Waals surface area (Å²) in [6.07, 6.45) is 2.05. The zero-order chi connectivity index (χ0) is 40.8. The van der Waals surface area contributed by atoms with Gasteiger partial charge in [-0.25, -0.2) is 9.59 Å². The maximum Gasteiger partial charge on any atom is 0.408 e. The second-order valence-electron chi connectivity index (χ2n) is 13.3. The van der Waals surface area contributed by atoms with Gasteiger partial charge in [-0.15, -0.1) is 0 Å². The molecule has 310 valence electrons. The number of rotatable bonds is 28. The first-order valence-corrected chi connectivity index (χ1v) is 19.5. The van der Waals surface area contributed by atoms with Crippen molar-refractivity contribution in [3.05, 3.63) is 71.8 Å². The molecule has 0 aliphatic carbocycles. The molecule has 0 bridgehead atoms. The Labute approximate surface area is 331 Å². The van der Waals surface area contributed by atoms with Gasteiger partial charge in [0.15, 0.2) is 0 Å². The molecule has 16 heteroatoms. The average Bonchev–Trinajstić information content (AvgIpc) is 3.21. The Morgan fingerprint density at radius 2 is 1.07 bits per heavy atom. The van der Waals surface area contributed by atoms with Crippen molar-refractivity contribution >= 4 is 35.8 Å². The van der Waals surface area contributed by atoms with Crippen LogP contribution in [-0.2, 0) is 41.9 Å². The number of ether oxygens (including phenoxy) is 2. The molecule has 0 saturated carbocycles. The van der Waals surface area contributed by atoms with Gasteiger partial charge < -0.3 is 51.6 Å². The lowest BCUT2D eigenvalue weighted by molar-refractivity contribution is -0.132. The summed E-state index contributed by atoms with van der Waals surface area (Å²) in [6, 6.07) is 16.0. The predicted octanol–water partition coefficient (Wildman–Crippen LogP) is 2.33. The smallest absolute Gasteiger partial charge is 0.408 e. The van der Waals surface area contributed by atoms with E-state index in [1.54, 1.807) is 31.3 Å². The summed E-state index contributed by atoms with van der Waals surface area (Å²) >= 11 is 0. The largest absolute Gasteiger partial charge is 0.445 e. The number of nitrogens with one attached hydrogen (secondary N) is 7. The quantitative estimate of drug-likeness (QED) is 0.0627. The van der Waals surface area contributed by atoms with Crippen LogP contribution in [0.3, 0.4) is 0 Å². The van der Waals surface area contributed by atoms with Gasteiger partial charge in [0, 0.05) is 26.7 Å². The van der Waals surface area contributed by atoms with Crippen molar-refractivity contribution in [2.24, 2.45) is 0 Å². The molecule has 0 heterocycles. The van der Waals surface area contributed by atoms with Crippen LogP contribution in [0.5, 0.6) is 0 Å². The Bertz CT molecular complexity index is 1450. The third-order valence-corrected chi connectivity index (χ3v) is 8.47. The fourth-order valence-corrected chi connectivity index (χ4v) is 5.24. The summed E-state index contributed by atoms with van der Waals surface area (Å²) in [6.45, 7) is 7.59. The second kappa shape index (κ2) is 29.1. The minimum Gasteiger partial charge on any atom is -0.445 e. The van der Waals surface area contributed by atoms with E-state index in [9.17, 15) is 28.8 Å². The highest BCUT2D eigenvalue weighted by atomic mass is 16.6. The number of benzene rings is 2. The Balaban J connectivity index is 2.00. The molecule has 16 nitrogen and oxygen atoms in total. The summed E-state index contributed by atoms with van der Waals surface area (Å²) < 4.78 is 10.7. The van der Waals surface area contributed by atoms with Gasteiger partial charge in [0.05, 0.1) is 13.1 Å². The lowest BCUT2D eigenvalue weighted by Crippen LogP contribution is -2.50. The van der Waals surface area contributed by atoms with Crippen LogP contribution in [0.1, 0.15) is 69.9 Å². The van der Waals surface area contributed by atoms with Crippen LogP contribution in [0.4, 0.5) is 9.59 Å². The molecule has 2 atom stereocenters. The van der Waals surface area contributed by atoms with E-state index in [1.165, 1.54) is 4.90 Å². The van der Waals surface area contributed by atoms with Gasteiger partial charge in [-0.1, -0.05) is 87.4 Å². The molecule has 2 rings (SSSR count). The van der Waals surface area contributed by atoms with E-state index in [1.807, 2.05) is 36.4 Å². The molecule has 0 spiro atoms. The highest BCUT2D eigenvalue weighted by Crippen LogP contribution is 2.10. The van der Waals surface area contributed by atoms with Crippen molar-refractivity contribution < 1.29 is 38.2 Å². The molecule has 2 unspecified atom stereocenters. The first-order chi connectivity index (χ1) is 27.1. The zero-order valence-electron chi connectivity index (χ0n) is 33.2. The standard InChI is InChI=1S/C40H62N8O8/c1-4-21-41-23-14-24-43-35(49)27-44-37(51)33(46-39(53)55-29-31-15-8-6-9-16-31)19-12-13-20-34(47-40(54)56-30-32-17-10-7-11-18-32)38(52)45-28-36(50)48(3)26-25-42-22-5-2/h6-11,15-18,33-34,41-42H,4-5,12-14,19-30H2,1-3H3,(H,43,49)(H,44,51)(H,45,52)(H,46,53)(H,47,54). The third-order valence-electron chi connectivity index (χ3n) is 8.47. The molecule has 6 amide bonds. The summed E-state index contributed by atoms with van der Waals surface area (Å²) in [5, 5.41) is 19.6. The molecule has 56 heavy (non-hydrogen) atoms. The van der Waals surface area contributed by atoms with E-state index in [4.69, 9.17) is 9.47 Å². The van der Waals surface area contributed by atoms with Gasteiger partial charge in [0.2, 0.25) is 23.6 Å². The number of nitrogens with zero attached hydrogens (tertiary/aromatic N) is 1. The van der Waals surface area contributed by atoms with Crippen molar-refractivity contribution in [2.75, 3.05) is 59.4 Å². The van der Waals surface area contributed by atoms with Gasteiger partial charge in [0.25, 0.3) is 0 Å². The van der Waals surface area contributed by atoms with E-state index in [-0.39, 0.29) is 51.0 Å². The normalized spacial score (nSPS) is 11.7. The molecule has 0 aliphatic rings. The SMILES string of the molecule is CCCNCCCNC(=O)CNC(=O)C(CCCCC(NC(=O)OCc1ccccc1)C(=O)NCC(=O)N(C)CCNCCC)NC(=O)OCc1ccccc1. The number of hydrogen-bond acceptors (Lipinski definition) is 10. The Morgan fingerprint density at radius 1 is 0.589 bits per heavy atom. The third kappa shape index (κ3) is 21.6. The van der Waals surface area contributed by atoms with E-state index >= 15 is 0 Å². The van der Waals surface area contributed by atoms with Crippen molar-refractivity contribution in [2.45, 2.75) is 84.1 Å². The van der Waals surface area contributed by atoms with Crippen LogP contribution in [0, 0.1) is 0 Å². The maximum absolute atomic E-state index is 13.3. The summed E-state index contributed by atoms with van der Waals surface area (Å²) in [7, 11) is 1.65. The van der Waals surface area contributed by atoms with Crippen molar-refractivity contribution in [1.82, 2.24) is 42.1 Å². The summed E-state index contributed by atoms with van der Waals surface area (Å²) in [5.74, 6) is -1.81. The molecule has 0 saturated heterocycles. The van der Waals surface area contributed by atoms with Crippen LogP contribution in [0.15, 0.2) is 60.7 Å². The van der Waals surface area contributed by atoms with Gasteiger partial charge in [0.1, 0.15) is 25.3 Å². The molecular weight excluding hydrogens is 720 g/mol. The van der Waals surface area contributed by atoms with Crippen LogP contribution < -0.4 is 37.2 Å². The average molecular weight is 783 g/mol. The Morgan fingerprint density at radius 3 is 1.57 bits per heavy atom. The number of unbranched alkanes of at least 4 members (excludes halogenated alkanes) is 1. The first kappa shape index (κ1) is 46.9. The first-order valence-electron chi connectivity index (χ1n) is 19.5. The highest BCUT2D eigenvalue weighted by Gasteiger charge is 2.25. The minimum absolute atomic E-state index is 0.00654. The second-order valence-corrected chi connectivity index (χ2v) is 13.3. The molecule has 0 aromatic heterocycles. The van der Waals surface area contributed by atoms with Gasteiger partial charge >= 0.3 is 12.2 Å². The number of carbonyl (C=O) groups is 6. The van der Waals surface area contributed by atoms with Crippen molar-refractivity contribution in [3.8, 4) is 0 Å². The van der Waals surface area contributed by atoms with Crippen LogP contribution >= 0.6 is 0 Å². The summed E-state index contributed by atoms with van der Waals surface area (Å²) in [4.78, 5) is 78.6. The number of likely N-dealkylation sites (N-methyl/N-ethyl adjacent to an activating group) is 1. The van der Waals surface area contributed by atoms with E-state index in [0.29, 0.717) is 32.5 Å². The highest BCUT2D eigenvalue weighted by molar-refractivity contribution is 5.90. The van der Waals surface area contributed by atoms with Gasteiger partial charge in [-0.3, -0.25) is 19.2 Å². The molecule has 0 aliphatic heterocycles. The van der Waals surface area contributed by atoms with Gasteiger partial charge in [-0.05, 0) is 62.9 Å². The molecule has 0 radical (unpaired) electrons.